The van der Waals surface area contributed by atoms with Crippen LogP contribution in [0, 0.1) is 21.7 Å². The Bertz CT molecular complexity index is 677. The number of pyridine rings is 1. The minimum absolute atomic E-state index is 0.288. The number of nitrogens with zero attached hydrogens (tertiary/aromatic N) is 2. The molecule has 6 nitrogen and oxygen atoms in total. The molecule has 0 fully saturated rings. The number of hydrogen-bond acceptors (Lipinski definition) is 4. The van der Waals surface area contributed by atoms with Crippen LogP contribution in [0.2, 0.25) is 0 Å². The summed E-state index contributed by atoms with van der Waals surface area (Å²) in [4.78, 5) is 24.9. The number of rotatable bonds is 3. The van der Waals surface area contributed by atoms with Crippen molar-refractivity contribution in [1.82, 2.24) is 4.98 Å². The molecule has 8 heteroatoms. The standard InChI is InChI=1S/C12H7F2N3O3/c13-9-5-11(17(19)20)10(14)4-8(9)12(18)16-7-2-1-3-15-6-7/h1-6H,(H,16,18). The summed E-state index contributed by atoms with van der Waals surface area (Å²) in [6, 6.07) is 3.90. The summed E-state index contributed by atoms with van der Waals surface area (Å²) in [6.07, 6.45) is 2.79. The molecule has 0 saturated heterocycles. The number of anilines is 1. The van der Waals surface area contributed by atoms with Crippen molar-refractivity contribution in [1.29, 1.82) is 0 Å². The van der Waals surface area contributed by atoms with E-state index < -0.39 is 33.7 Å². The molecule has 1 aromatic heterocycles. The zero-order chi connectivity index (χ0) is 14.7. The second-order valence-electron chi connectivity index (χ2n) is 3.74. The highest BCUT2D eigenvalue weighted by atomic mass is 19.1. The molecule has 0 aliphatic rings. The van der Waals surface area contributed by atoms with Crippen LogP contribution in [0.25, 0.3) is 0 Å². The molecule has 1 heterocycles. The molecular formula is C12H7F2N3O3. The largest absolute Gasteiger partial charge is 0.320 e. The number of carbonyl (C=O) groups excluding carboxylic acids is 1. The number of benzene rings is 1. The van der Waals surface area contributed by atoms with Crippen molar-refractivity contribution in [3.05, 3.63) is 64.0 Å². The van der Waals surface area contributed by atoms with E-state index >= 15 is 0 Å². The summed E-state index contributed by atoms with van der Waals surface area (Å²) in [6.45, 7) is 0. The number of nitro groups is 1. The number of halogens is 2. The van der Waals surface area contributed by atoms with Gasteiger partial charge in [-0.05, 0) is 18.2 Å². The predicted molar refractivity (Wildman–Crippen MR) is 65.2 cm³/mol. The Labute approximate surface area is 111 Å². The lowest BCUT2D eigenvalue weighted by Gasteiger charge is -2.06. The fourth-order valence-corrected chi connectivity index (χ4v) is 1.49. The first-order valence-corrected chi connectivity index (χ1v) is 5.34. The Morgan fingerprint density at radius 1 is 1.30 bits per heavy atom. The molecule has 0 aliphatic heterocycles. The molecule has 2 aromatic rings. The highest BCUT2D eigenvalue weighted by molar-refractivity contribution is 6.04. The SMILES string of the molecule is O=C(Nc1cccnc1)c1cc(F)c([N+](=O)[O-])cc1F. The van der Waals surface area contributed by atoms with Crippen LogP contribution in [-0.2, 0) is 0 Å². The van der Waals surface area contributed by atoms with Crippen molar-refractivity contribution in [2.24, 2.45) is 0 Å². The van der Waals surface area contributed by atoms with Gasteiger partial charge in [-0.15, -0.1) is 0 Å². The van der Waals surface area contributed by atoms with Crippen LogP contribution in [0.4, 0.5) is 20.2 Å². The number of hydrogen-bond donors (Lipinski definition) is 1. The zero-order valence-corrected chi connectivity index (χ0v) is 9.84. The average Bonchev–Trinajstić information content (AvgIpc) is 2.41. The fourth-order valence-electron chi connectivity index (χ4n) is 1.49. The topological polar surface area (TPSA) is 85.1 Å². The van der Waals surface area contributed by atoms with Gasteiger partial charge < -0.3 is 5.32 Å². The Morgan fingerprint density at radius 3 is 2.65 bits per heavy atom. The van der Waals surface area contributed by atoms with Crippen LogP contribution in [0.1, 0.15) is 10.4 Å². The highest BCUT2D eigenvalue weighted by Crippen LogP contribution is 2.22. The van der Waals surface area contributed by atoms with Gasteiger partial charge in [-0.1, -0.05) is 0 Å². The number of aromatic nitrogens is 1. The van der Waals surface area contributed by atoms with Crippen molar-refractivity contribution in [3.63, 3.8) is 0 Å². The first-order valence-electron chi connectivity index (χ1n) is 5.34. The second kappa shape index (κ2) is 5.39. The van der Waals surface area contributed by atoms with E-state index in [2.05, 4.69) is 10.3 Å². The molecule has 0 spiro atoms. The molecular weight excluding hydrogens is 272 g/mol. The molecule has 0 saturated carbocycles. The van der Waals surface area contributed by atoms with E-state index in [0.29, 0.717) is 12.1 Å². The van der Waals surface area contributed by atoms with Gasteiger partial charge in [0.1, 0.15) is 5.82 Å². The van der Waals surface area contributed by atoms with Crippen LogP contribution in [0.15, 0.2) is 36.7 Å². The first kappa shape index (κ1) is 13.5. The van der Waals surface area contributed by atoms with Gasteiger partial charge in [0.05, 0.1) is 28.4 Å². The summed E-state index contributed by atoms with van der Waals surface area (Å²) in [5.41, 5.74) is -1.37. The second-order valence-corrected chi connectivity index (χ2v) is 3.74. The maximum atomic E-state index is 13.6. The number of carbonyl (C=O) groups is 1. The van der Waals surface area contributed by atoms with Crippen molar-refractivity contribution in [2.75, 3.05) is 5.32 Å². The minimum atomic E-state index is -1.28. The number of amides is 1. The van der Waals surface area contributed by atoms with Crippen molar-refractivity contribution >= 4 is 17.3 Å². The van der Waals surface area contributed by atoms with E-state index in [1.165, 1.54) is 18.5 Å². The van der Waals surface area contributed by atoms with Gasteiger partial charge in [0.25, 0.3) is 5.91 Å². The van der Waals surface area contributed by atoms with Crippen molar-refractivity contribution < 1.29 is 18.5 Å². The van der Waals surface area contributed by atoms with Crippen molar-refractivity contribution in [2.45, 2.75) is 0 Å². The number of nitrogens with one attached hydrogen (secondary N) is 1. The van der Waals surface area contributed by atoms with Gasteiger partial charge in [0.2, 0.25) is 5.82 Å². The van der Waals surface area contributed by atoms with Crippen LogP contribution >= 0.6 is 0 Å². The van der Waals surface area contributed by atoms with Gasteiger partial charge in [-0.25, -0.2) is 4.39 Å². The molecule has 1 N–H and O–H groups in total. The van der Waals surface area contributed by atoms with Crippen LogP contribution in [-0.4, -0.2) is 15.8 Å². The lowest BCUT2D eigenvalue weighted by Crippen LogP contribution is -2.14. The third-order valence-electron chi connectivity index (χ3n) is 2.40. The van der Waals surface area contributed by atoms with E-state index in [1.54, 1.807) is 6.07 Å². The molecule has 102 valence electrons. The van der Waals surface area contributed by atoms with Gasteiger partial charge in [0, 0.05) is 6.20 Å². The normalized spacial score (nSPS) is 10.1. The maximum absolute atomic E-state index is 13.6. The Morgan fingerprint density at radius 2 is 2.05 bits per heavy atom. The van der Waals surface area contributed by atoms with Crippen molar-refractivity contribution in [3.8, 4) is 0 Å². The Kier molecular flexibility index (Phi) is 3.65. The monoisotopic (exact) mass is 279 g/mol. The third kappa shape index (κ3) is 2.74. The zero-order valence-electron chi connectivity index (χ0n) is 9.84. The fraction of sp³-hybridized carbons (Fsp3) is 0. The summed E-state index contributed by atoms with van der Waals surface area (Å²) >= 11 is 0. The Hall–Kier alpha value is -2.90. The van der Waals surface area contributed by atoms with Crippen LogP contribution in [0.5, 0.6) is 0 Å². The molecule has 0 aliphatic carbocycles. The number of nitro benzene ring substituents is 1. The van der Waals surface area contributed by atoms with E-state index in [9.17, 15) is 23.7 Å². The summed E-state index contributed by atoms with van der Waals surface area (Å²) in [5.74, 6) is -3.39. The smallest absolute Gasteiger partial charge is 0.307 e. The predicted octanol–water partition coefficient (Wildman–Crippen LogP) is 2.52. The lowest BCUT2D eigenvalue weighted by molar-refractivity contribution is -0.387. The van der Waals surface area contributed by atoms with Gasteiger partial charge >= 0.3 is 5.69 Å². The van der Waals surface area contributed by atoms with Gasteiger partial charge in [-0.2, -0.15) is 4.39 Å². The van der Waals surface area contributed by atoms with Crippen LogP contribution < -0.4 is 5.32 Å². The maximum Gasteiger partial charge on any atom is 0.307 e. The lowest BCUT2D eigenvalue weighted by atomic mass is 10.1. The minimum Gasteiger partial charge on any atom is -0.320 e. The van der Waals surface area contributed by atoms with Crippen LogP contribution in [0.3, 0.4) is 0 Å². The highest BCUT2D eigenvalue weighted by Gasteiger charge is 2.22. The van der Waals surface area contributed by atoms with E-state index in [1.807, 2.05) is 0 Å². The summed E-state index contributed by atoms with van der Waals surface area (Å²) in [5, 5.41) is 12.7. The van der Waals surface area contributed by atoms with Gasteiger partial charge in [0.15, 0.2) is 0 Å². The third-order valence-corrected chi connectivity index (χ3v) is 2.40. The van der Waals surface area contributed by atoms with E-state index in [4.69, 9.17) is 0 Å². The summed E-state index contributed by atoms with van der Waals surface area (Å²) in [7, 11) is 0. The van der Waals surface area contributed by atoms with E-state index in [0.717, 1.165) is 0 Å². The Balaban J connectivity index is 2.31. The van der Waals surface area contributed by atoms with E-state index in [-0.39, 0.29) is 5.69 Å². The molecule has 20 heavy (non-hydrogen) atoms. The summed E-state index contributed by atoms with van der Waals surface area (Å²) < 4.78 is 27.0. The molecule has 0 radical (unpaired) electrons. The van der Waals surface area contributed by atoms with Gasteiger partial charge in [-0.3, -0.25) is 19.9 Å². The average molecular weight is 279 g/mol. The molecule has 2 rings (SSSR count). The molecule has 1 aromatic carbocycles. The molecule has 0 atom stereocenters. The molecule has 0 bridgehead atoms. The molecule has 0 unspecified atom stereocenters. The molecule has 1 amide bonds. The quantitative estimate of drug-likeness (QED) is 0.691. The first-order chi connectivity index (χ1) is 9.49.